The standard InChI is InChI=1S/C16H12ClNO6/c17-12-7-6-11(8-13(19)16(20)21)14(18(22)23)15(12)24-9-10-4-2-1-3-5-10/h1-7H,8-9H2,(H,20,21). The summed E-state index contributed by atoms with van der Waals surface area (Å²) in [6.07, 6.45) is -0.621. The van der Waals surface area contributed by atoms with Crippen LogP contribution in [0.5, 0.6) is 5.75 Å². The van der Waals surface area contributed by atoms with Gasteiger partial charge in [-0.2, -0.15) is 0 Å². The first-order chi connectivity index (χ1) is 11.4. The molecule has 0 atom stereocenters. The van der Waals surface area contributed by atoms with Crippen LogP contribution in [-0.4, -0.2) is 21.8 Å². The predicted molar refractivity (Wildman–Crippen MR) is 85.2 cm³/mol. The molecule has 0 spiro atoms. The SMILES string of the molecule is O=C(O)C(=O)Cc1ccc(Cl)c(OCc2ccccc2)c1[N+](=O)[O-]. The van der Waals surface area contributed by atoms with Gasteiger partial charge in [0.15, 0.2) is 0 Å². The smallest absolute Gasteiger partial charge is 0.372 e. The van der Waals surface area contributed by atoms with Gasteiger partial charge in [0.05, 0.1) is 9.95 Å². The molecule has 0 unspecified atom stereocenters. The van der Waals surface area contributed by atoms with Crippen molar-refractivity contribution < 1.29 is 24.4 Å². The first kappa shape index (κ1) is 17.4. The van der Waals surface area contributed by atoms with Crippen LogP contribution in [0.1, 0.15) is 11.1 Å². The second-order valence-corrected chi connectivity index (χ2v) is 5.23. The molecule has 0 saturated carbocycles. The Morgan fingerprint density at radius 3 is 2.42 bits per heavy atom. The number of nitro groups is 1. The molecule has 124 valence electrons. The molecular formula is C16H12ClNO6. The van der Waals surface area contributed by atoms with Crippen molar-refractivity contribution in [3.63, 3.8) is 0 Å². The average molecular weight is 350 g/mol. The van der Waals surface area contributed by atoms with Crippen LogP contribution in [0.15, 0.2) is 42.5 Å². The summed E-state index contributed by atoms with van der Waals surface area (Å²) in [6.45, 7) is 0.0394. The molecule has 0 heterocycles. The number of carboxylic acids is 1. The largest absolute Gasteiger partial charge is 0.481 e. The van der Waals surface area contributed by atoms with Crippen molar-refractivity contribution in [3.8, 4) is 5.75 Å². The normalized spacial score (nSPS) is 10.2. The van der Waals surface area contributed by atoms with Crippen molar-refractivity contribution in [3.05, 3.63) is 68.7 Å². The molecule has 0 fully saturated rings. The Morgan fingerprint density at radius 2 is 1.83 bits per heavy atom. The van der Waals surface area contributed by atoms with E-state index in [4.69, 9.17) is 21.4 Å². The number of ether oxygens (including phenoxy) is 1. The molecule has 2 rings (SSSR count). The lowest BCUT2D eigenvalue weighted by Crippen LogP contribution is -2.16. The van der Waals surface area contributed by atoms with Gasteiger partial charge in [-0.25, -0.2) is 4.79 Å². The molecule has 0 aliphatic heterocycles. The number of Topliss-reactive ketones (excluding diaryl/α,β-unsaturated/α-hetero) is 1. The maximum absolute atomic E-state index is 11.4. The van der Waals surface area contributed by atoms with Crippen molar-refractivity contribution in [2.45, 2.75) is 13.0 Å². The molecule has 7 nitrogen and oxygen atoms in total. The highest BCUT2D eigenvalue weighted by Crippen LogP contribution is 2.38. The van der Waals surface area contributed by atoms with Gasteiger partial charge in [0.25, 0.3) is 0 Å². The van der Waals surface area contributed by atoms with Crippen molar-refractivity contribution in [1.29, 1.82) is 0 Å². The van der Waals surface area contributed by atoms with Crippen molar-refractivity contribution in [1.82, 2.24) is 0 Å². The number of ketones is 1. The molecule has 0 aliphatic carbocycles. The first-order valence-corrected chi connectivity index (χ1v) is 7.16. The van der Waals surface area contributed by atoms with Gasteiger partial charge in [0, 0.05) is 12.0 Å². The molecule has 8 heteroatoms. The highest BCUT2D eigenvalue weighted by Gasteiger charge is 2.27. The zero-order valence-electron chi connectivity index (χ0n) is 12.3. The van der Waals surface area contributed by atoms with E-state index in [1.807, 2.05) is 6.07 Å². The van der Waals surface area contributed by atoms with E-state index in [0.29, 0.717) is 0 Å². The number of benzene rings is 2. The number of carboxylic acid groups (broad SMARTS) is 1. The molecule has 2 aromatic rings. The lowest BCUT2D eigenvalue weighted by Gasteiger charge is -2.11. The summed E-state index contributed by atoms with van der Waals surface area (Å²) < 4.78 is 5.47. The molecule has 0 radical (unpaired) electrons. The molecule has 2 aromatic carbocycles. The van der Waals surface area contributed by atoms with Gasteiger partial charge in [0.2, 0.25) is 11.5 Å². The Labute approximate surface area is 141 Å². The number of hydrogen-bond acceptors (Lipinski definition) is 5. The number of carbonyl (C=O) groups excluding carboxylic acids is 1. The number of nitrogens with zero attached hydrogens (tertiary/aromatic N) is 1. The third-order valence-electron chi connectivity index (χ3n) is 3.17. The maximum atomic E-state index is 11.4. The molecule has 0 saturated heterocycles. The summed E-state index contributed by atoms with van der Waals surface area (Å²) in [6, 6.07) is 11.5. The molecule has 0 aromatic heterocycles. The molecule has 0 amide bonds. The number of aliphatic carboxylic acids is 1. The predicted octanol–water partition coefficient (Wildman–Crippen LogP) is 3.02. The number of nitro benzene ring substituents is 1. The second-order valence-electron chi connectivity index (χ2n) is 4.82. The Kier molecular flexibility index (Phi) is 5.49. The number of carbonyl (C=O) groups is 2. The summed E-state index contributed by atoms with van der Waals surface area (Å²) in [5.41, 5.74) is 0.197. The minimum absolute atomic E-state index is 0.00385. The van der Waals surface area contributed by atoms with Gasteiger partial charge < -0.3 is 9.84 Å². The molecule has 1 N–H and O–H groups in total. The van der Waals surface area contributed by atoms with Crippen LogP contribution in [-0.2, 0) is 22.6 Å². The number of hydrogen-bond donors (Lipinski definition) is 1. The third-order valence-corrected chi connectivity index (χ3v) is 3.46. The third kappa shape index (κ3) is 4.08. The van der Waals surface area contributed by atoms with E-state index < -0.39 is 28.8 Å². The molecule has 0 aliphatic rings. The van der Waals surface area contributed by atoms with Crippen LogP contribution in [0.3, 0.4) is 0 Å². The second kappa shape index (κ2) is 7.56. The Bertz CT molecular complexity index is 791. The summed E-state index contributed by atoms with van der Waals surface area (Å²) in [4.78, 5) is 32.7. The van der Waals surface area contributed by atoms with Crippen molar-refractivity contribution in [2.24, 2.45) is 0 Å². The lowest BCUT2D eigenvalue weighted by molar-refractivity contribution is -0.386. The van der Waals surface area contributed by atoms with Crippen LogP contribution in [0.2, 0.25) is 5.02 Å². The van der Waals surface area contributed by atoms with Crippen molar-refractivity contribution in [2.75, 3.05) is 0 Å². The first-order valence-electron chi connectivity index (χ1n) is 6.78. The molecular weight excluding hydrogens is 338 g/mol. The fraction of sp³-hybridized carbons (Fsp3) is 0.125. The summed E-state index contributed by atoms with van der Waals surface area (Å²) in [5.74, 6) is -3.01. The van der Waals surface area contributed by atoms with E-state index >= 15 is 0 Å². The minimum atomic E-state index is -1.66. The van der Waals surface area contributed by atoms with Crippen LogP contribution < -0.4 is 4.74 Å². The zero-order chi connectivity index (χ0) is 17.7. The average Bonchev–Trinajstić information content (AvgIpc) is 2.55. The fourth-order valence-electron chi connectivity index (χ4n) is 2.05. The van der Waals surface area contributed by atoms with Gasteiger partial charge in [-0.3, -0.25) is 14.9 Å². The van der Waals surface area contributed by atoms with E-state index in [2.05, 4.69) is 0 Å². The van der Waals surface area contributed by atoms with Gasteiger partial charge in [0.1, 0.15) is 6.61 Å². The van der Waals surface area contributed by atoms with Gasteiger partial charge >= 0.3 is 11.7 Å². The topological polar surface area (TPSA) is 107 Å². The summed E-state index contributed by atoms with van der Waals surface area (Å²) in [7, 11) is 0. The van der Waals surface area contributed by atoms with E-state index in [-0.39, 0.29) is 22.9 Å². The summed E-state index contributed by atoms with van der Waals surface area (Å²) >= 11 is 5.98. The fourth-order valence-corrected chi connectivity index (χ4v) is 2.25. The van der Waals surface area contributed by atoms with Gasteiger partial charge in [-0.05, 0) is 17.7 Å². The van der Waals surface area contributed by atoms with Crippen LogP contribution in [0.4, 0.5) is 5.69 Å². The Hall–Kier alpha value is -2.93. The van der Waals surface area contributed by atoms with Gasteiger partial charge in [-0.15, -0.1) is 0 Å². The van der Waals surface area contributed by atoms with Crippen LogP contribution in [0, 0.1) is 10.1 Å². The zero-order valence-corrected chi connectivity index (χ0v) is 13.0. The maximum Gasteiger partial charge on any atom is 0.372 e. The number of rotatable bonds is 7. The Morgan fingerprint density at radius 1 is 1.17 bits per heavy atom. The molecule has 24 heavy (non-hydrogen) atoms. The minimum Gasteiger partial charge on any atom is -0.481 e. The van der Waals surface area contributed by atoms with Crippen LogP contribution >= 0.6 is 11.6 Å². The number of halogens is 1. The highest BCUT2D eigenvalue weighted by molar-refractivity contribution is 6.34. The van der Waals surface area contributed by atoms with Crippen LogP contribution in [0.25, 0.3) is 0 Å². The highest BCUT2D eigenvalue weighted by atomic mass is 35.5. The van der Waals surface area contributed by atoms with E-state index in [9.17, 15) is 19.7 Å². The monoisotopic (exact) mass is 349 g/mol. The van der Waals surface area contributed by atoms with E-state index in [1.54, 1.807) is 24.3 Å². The quantitative estimate of drug-likeness (QED) is 0.467. The van der Waals surface area contributed by atoms with E-state index in [0.717, 1.165) is 5.56 Å². The lowest BCUT2D eigenvalue weighted by atomic mass is 10.1. The van der Waals surface area contributed by atoms with E-state index in [1.165, 1.54) is 12.1 Å². The van der Waals surface area contributed by atoms with Gasteiger partial charge in [-0.1, -0.05) is 41.9 Å². The summed E-state index contributed by atoms with van der Waals surface area (Å²) in [5, 5.41) is 20.0. The Balaban J connectivity index is 2.36. The van der Waals surface area contributed by atoms with Crippen molar-refractivity contribution >= 4 is 29.0 Å². The molecule has 0 bridgehead atoms.